The lowest BCUT2D eigenvalue weighted by Gasteiger charge is -2.22. The molecule has 1 unspecified atom stereocenters. The number of ether oxygens (including phenoxy) is 1. The van der Waals surface area contributed by atoms with Gasteiger partial charge in [-0.15, -0.1) is 0 Å². The van der Waals surface area contributed by atoms with Crippen LogP contribution in [0.5, 0.6) is 0 Å². The predicted molar refractivity (Wildman–Crippen MR) is 218 cm³/mol. The van der Waals surface area contributed by atoms with Crippen LogP contribution in [0.2, 0.25) is 0 Å². The molecule has 4 heterocycles. The summed E-state index contributed by atoms with van der Waals surface area (Å²) in [5.41, 5.74) is 4.81. The molecule has 1 saturated heterocycles. The first kappa shape index (κ1) is 38.3. The molecule has 15 heteroatoms. The molecule has 2 aliphatic rings. The summed E-state index contributed by atoms with van der Waals surface area (Å²) in [6, 6.07) is 33.5. The van der Waals surface area contributed by atoms with Crippen LogP contribution < -0.4 is 26.2 Å². The van der Waals surface area contributed by atoms with Crippen molar-refractivity contribution in [2.75, 3.05) is 29.9 Å². The molecule has 0 bridgehead atoms. The van der Waals surface area contributed by atoms with E-state index in [1.54, 1.807) is 17.1 Å². The molecule has 2 fully saturated rings. The largest absolute Gasteiger partial charge is 0.445 e. The maximum Gasteiger partial charge on any atom is 0.407 e. The van der Waals surface area contributed by atoms with Crippen LogP contribution in [0.15, 0.2) is 122 Å². The monoisotopic (exact) mass is 782 g/mol. The number of nitrogens with zero attached hydrogens (tertiary/aromatic N) is 6. The number of urea groups is 1. The van der Waals surface area contributed by atoms with Crippen LogP contribution in [0, 0.1) is 0 Å². The number of hydrogen-bond donors (Lipinski definition) is 6. The number of pyridine rings is 1. The molecule has 0 spiro atoms. The highest BCUT2D eigenvalue weighted by molar-refractivity contribution is 5.85. The number of carbonyl (C=O) groups is 2. The first-order valence-corrected chi connectivity index (χ1v) is 19.5. The molecule has 0 radical (unpaired) electrons. The first-order valence-electron chi connectivity index (χ1n) is 19.5. The van der Waals surface area contributed by atoms with Crippen molar-refractivity contribution in [3.8, 4) is 0 Å². The number of fused-ring (bicyclic) bond motifs is 1. The van der Waals surface area contributed by atoms with E-state index in [1.165, 1.54) is 0 Å². The molecule has 3 aromatic heterocycles. The number of amides is 3. The number of carbonyl (C=O) groups excluding carboxylic acids is 2. The van der Waals surface area contributed by atoms with Gasteiger partial charge < -0.3 is 45.7 Å². The molecule has 1 aliphatic heterocycles. The lowest BCUT2D eigenvalue weighted by Crippen LogP contribution is -2.43. The Hall–Kier alpha value is -6.58. The Morgan fingerprint density at radius 3 is 2.24 bits per heavy atom. The molecule has 58 heavy (non-hydrogen) atoms. The molecule has 3 amide bonds. The smallest absolute Gasteiger partial charge is 0.407 e. The van der Waals surface area contributed by atoms with Gasteiger partial charge in [0.05, 0.1) is 30.6 Å². The van der Waals surface area contributed by atoms with Crippen LogP contribution in [-0.4, -0.2) is 90.8 Å². The van der Waals surface area contributed by atoms with Crippen molar-refractivity contribution in [1.29, 1.82) is 0 Å². The maximum atomic E-state index is 12.8. The summed E-state index contributed by atoms with van der Waals surface area (Å²) >= 11 is 0. The number of imidazole rings is 1. The highest BCUT2D eigenvalue weighted by Gasteiger charge is 2.44. The molecule has 6 aromatic rings. The molecule has 298 valence electrons. The molecule has 8 rings (SSSR count). The Morgan fingerprint density at radius 2 is 1.53 bits per heavy atom. The number of rotatable bonds is 13. The third-order valence-electron chi connectivity index (χ3n) is 10.8. The predicted octanol–water partition coefficient (Wildman–Crippen LogP) is 4.51. The van der Waals surface area contributed by atoms with E-state index in [4.69, 9.17) is 19.7 Å². The van der Waals surface area contributed by atoms with Crippen LogP contribution in [0.1, 0.15) is 47.2 Å². The van der Waals surface area contributed by atoms with Gasteiger partial charge in [-0.3, -0.25) is 4.98 Å². The number of alkyl carbamates (subject to hydrolysis) is 1. The SMILES string of the molecule is O=C(NCc1ccccn1)NC1CCN(c2nc(NCC(c3ccccc3)c3ccccc3)c3ncn([C@@H]4C[C@H](NC(=O)OCc5ccccc5)[C@@H](O)[C@H]4O)c3n2)C1. The number of aromatic nitrogens is 5. The van der Waals surface area contributed by atoms with E-state index in [0.29, 0.717) is 55.5 Å². The minimum absolute atomic E-state index is 0.0109. The molecule has 3 aromatic carbocycles. The van der Waals surface area contributed by atoms with Gasteiger partial charge in [-0.1, -0.05) is 97.1 Å². The average Bonchev–Trinajstić information content (AvgIpc) is 3.98. The van der Waals surface area contributed by atoms with Crippen molar-refractivity contribution in [1.82, 2.24) is 40.5 Å². The second kappa shape index (κ2) is 17.7. The summed E-state index contributed by atoms with van der Waals surface area (Å²) in [4.78, 5) is 46.7. The molecule has 6 N–H and O–H groups in total. The van der Waals surface area contributed by atoms with E-state index in [0.717, 1.165) is 22.4 Å². The lowest BCUT2D eigenvalue weighted by atomic mass is 9.91. The Morgan fingerprint density at radius 1 is 0.828 bits per heavy atom. The van der Waals surface area contributed by atoms with Crippen LogP contribution >= 0.6 is 0 Å². The Bertz CT molecular complexity index is 2240. The van der Waals surface area contributed by atoms with Crippen molar-refractivity contribution in [3.05, 3.63) is 144 Å². The maximum absolute atomic E-state index is 12.8. The minimum atomic E-state index is -1.27. The van der Waals surface area contributed by atoms with Gasteiger partial charge in [0.25, 0.3) is 0 Å². The standard InChI is InChI=1S/C43H46N10O5/c54-37-34(49-43(57)58-26-28-12-4-1-5-13-28)22-35(38(37)55)53-27-47-36-39(45-24-33(29-14-6-2-7-15-29)30-16-8-3-9-17-30)50-41(51-40(36)53)52-21-19-32(25-52)48-42(56)46-23-31-18-10-11-20-44-31/h1-18,20,27,32-35,37-38,54-55H,19,21-26H2,(H,49,57)(H,45,50,51)(H2,46,48,56)/t32?,34-,35+,37+,38-/m0/s1. The van der Waals surface area contributed by atoms with Gasteiger partial charge in [0.1, 0.15) is 18.8 Å². The van der Waals surface area contributed by atoms with Gasteiger partial charge in [-0.25, -0.2) is 14.6 Å². The van der Waals surface area contributed by atoms with Crippen LogP contribution in [0.4, 0.5) is 21.4 Å². The third-order valence-corrected chi connectivity index (χ3v) is 10.8. The highest BCUT2D eigenvalue weighted by atomic mass is 16.5. The van der Waals surface area contributed by atoms with Crippen molar-refractivity contribution in [2.24, 2.45) is 0 Å². The molecule has 15 nitrogen and oxygen atoms in total. The van der Waals surface area contributed by atoms with Gasteiger partial charge in [0.15, 0.2) is 17.0 Å². The number of benzene rings is 3. The zero-order chi connectivity index (χ0) is 39.8. The van der Waals surface area contributed by atoms with Crippen molar-refractivity contribution in [3.63, 3.8) is 0 Å². The van der Waals surface area contributed by atoms with E-state index < -0.39 is 30.4 Å². The number of aliphatic hydroxyl groups is 2. The van der Waals surface area contributed by atoms with Gasteiger partial charge >= 0.3 is 12.1 Å². The number of anilines is 2. The quantitative estimate of drug-likeness (QED) is 0.0967. The Balaban J connectivity index is 1.04. The van der Waals surface area contributed by atoms with Crippen LogP contribution in [0.3, 0.4) is 0 Å². The topological polar surface area (TPSA) is 192 Å². The van der Waals surface area contributed by atoms with Crippen molar-refractivity contribution >= 4 is 35.1 Å². The van der Waals surface area contributed by atoms with Gasteiger partial charge in [0.2, 0.25) is 5.95 Å². The summed E-state index contributed by atoms with van der Waals surface area (Å²) in [6.07, 6.45) is 0.955. The van der Waals surface area contributed by atoms with E-state index >= 15 is 0 Å². The second-order valence-corrected chi connectivity index (χ2v) is 14.6. The molecular weight excluding hydrogens is 737 g/mol. The van der Waals surface area contributed by atoms with E-state index in [2.05, 4.69) is 50.5 Å². The van der Waals surface area contributed by atoms with Crippen LogP contribution in [0.25, 0.3) is 11.2 Å². The first-order chi connectivity index (χ1) is 28.4. The number of hydrogen-bond acceptors (Lipinski definition) is 11. The van der Waals surface area contributed by atoms with Gasteiger partial charge in [-0.2, -0.15) is 9.97 Å². The average molecular weight is 783 g/mol. The van der Waals surface area contributed by atoms with Gasteiger partial charge in [0, 0.05) is 37.8 Å². The van der Waals surface area contributed by atoms with Gasteiger partial charge in [-0.05, 0) is 41.7 Å². The number of nitrogens with one attached hydrogen (secondary N) is 4. The summed E-state index contributed by atoms with van der Waals surface area (Å²) in [7, 11) is 0. The second-order valence-electron chi connectivity index (χ2n) is 14.6. The van der Waals surface area contributed by atoms with Crippen LogP contribution in [-0.2, 0) is 17.9 Å². The fourth-order valence-corrected chi connectivity index (χ4v) is 7.72. The molecule has 5 atom stereocenters. The fraction of sp³-hybridized carbons (Fsp3) is 0.302. The van der Waals surface area contributed by atoms with Crippen molar-refractivity contribution in [2.45, 2.75) is 62.2 Å². The molecule has 1 saturated carbocycles. The fourth-order valence-electron chi connectivity index (χ4n) is 7.72. The molecule has 1 aliphatic carbocycles. The zero-order valence-corrected chi connectivity index (χ0v) is 31.8. The zero-order valence-electron chi connectivity index (χ0n) is 31.8. The highest BCUT2D eigenvalue weighted by Crippen LogP contribution is 2.35. The Kier molecular flexibility index (Phi) is 11.7. The Labute approximate surface area is 335 Å². The summed E-state index contributed by atoms with van der Waals surface area (Å²) < 4.78 is 7.15. The summed E-state index contributed by atoms with van der Waals surface area (Å²) in [6.45, 7) is 1.93. The normalized spacial score (nSPS) is 20.3. The summed E-state index contributed by atoms with van der Waals surface area (Å²) in [5, 5.41) is 34.8. The van der Waals surface area contributed by atoms with Crippen molar-refractivity contribution < 1.29 is 24.5 Å². The van der Waals surface area contributed by atoms with E-state index in [1.807, 2.05) is 89.8 Å². The summed E-state index contributed by atoms with van der Waals surface area (Å²) in [5.74, 6) is 0.925. The lowest BCUT2D eigenvalue weighted by molar-refractivity contribution is 0.0136. The minimum Gasteiger partial charge on any atom is -0.445 e. The third kappa shape index (κ3) is 8.85. The van der Waals surface area contributed by atoms with E-state index in [9.17, 15) is 19.8 Å². The number of aliphatic hydroxyl groups excluding tert-OH is 2. The van der Waals surface area contributed by atoms with E-state index in [-0.39, 0.29) is 31.0 Å². The molecular formula is C43H46N10O5.